The highest BCUT2D eigenvalue weighted by atomic mass is 16.5. The molecule has 0 radical (unpaired) electrons. The number of benzene rings is 1. The monoisotopic (exact) mass is 303 g/mol. The highest BCUT2D eigenvalue weighted by molar-refractivity contribution is 5.80. The Bertz CT molecular complexity index is 498. The van der Waals surface area contributed by atoms with Gasteiger partial charge in [-0.05, 0) is 25.0 Å². The van der Waals surface area contributed by atoms with Crippen LogP contribution < -0.4 is 10.1 Å². The van der Waals surface area contributed by atoms with E-state index in [1.807, 2.05) is 37.4 Å². The van der Waals surface area contributed by atoms with Gasteiger partial charge < -0.3 is 19.7 Å². The van der Waals surface area contributed by atoms with Crippen molar-refractivity contribution in [3.8, 4) is 5.75 Å². The van der Waals surface area contributed by atoms with Crippen LogP contribution in [0.1, 0.15) is 12.8 Å². The van der Waals surface area contributed by atoms with Crippen molar-refractivity contribution in [3.05, 3.63) is 30.3 Å². The zero-order chi connectivity index (χ0) is 15.3. The van der Waals surface area contributed by atoms with Gasteiger partial charge in [0.2, 0.25) is 0 Å². The summed E-state index contributed by atoms with van der Waals surface area (Å²) in [5, 5.41) is 3.40. The van der Waals surface area contributed by atoms with Gasteiger partial charge in [0, 0.05) is 32.2 Å². The first-order valence-corrected chi connectivity index (χ1v) is 8.03. The summed E-state index contributed by atoms with van der Waals surface area (Å²) in [6.45, 7) is 5.30. The largest absolute Gasteiger partial charge is 0.492 e. The summed E-state index contributed by atoms with van der Waals surface area (Å²) in [4.78, 5) is 6.75. The van der Waals surface area contributed by atoms with E-state index < -0.39 is 0 Å². The summed E-state index contributed by atoms with van der Waals surface area (Å²) in [6.07, 6.45) is 2.38. The third-order valence-corrected chi connectivity index (χ3v) is 4.53. The average molecular weight is 303 g/mol. The summed E-state index contributed by atoms with van der Waals surface area (Å²) >= 11 is 0. The zero-order valence-electron chi connectivity index (χ0n) is 13.3. The van der Waals surface area contributed by atoms with Crippen LogP contribution in [0.3, 0.4) is 0 Å². The molecule has 0 aromatic heterocycles. The SMILES string of the molecule is CN=C(NCCOc1ccccc1)N1CCC2(CCOC2)C1. The minimum Gasteiger partial charge on any atom is -0.492 e. The highest BCUT2D eigenvalue weighted by Crippen LogP contribution is 2.38. The molecule has 0 aliphatic carbocycles. The average Bonchev–Trinajstić information content (AvgIpc) is 3.19. The van der Waals surface area contributed by atoms with E-state index in [9.17, 15) is 0 Å². The Kier molecular flexibility index (Phi) is 4.83. The van der Waals surface area contributed by atoms with Crippen molar-refractivity contribution >= 4 is 5.96 Å². The molecule has 2 fully saturated rings. The van der Waals surface area contributed by atoms with Crippen molar-refractivity contribution in [2.24, 2.45) is 10.4 Å². The van der Waals surface area contributed by atoms with Gasteiger partial charge in [0.05, 0.1) is 13.2 Å². The van der Waals surface area contributed by atoms with Gasteiger partial charge in [-0.15, -0.1) is 0 Å². The topological polar surface area (TPSA) is 46.1 Å². The van der Waals surface area contributed by atoms with E-state index in [4.69, 9.17) is 9.47 Å². The third-order valence-electron chi connectivity index (χ3n) is 4.53. The zero-order valence-corrected chi connectivity index (χ0v) is 13.3. The molecule has 1 spiro atoms. The first-order chi connectivity index (χ1) is 10.8. The van der Waals surface area contributed by atoms with Gasteiger partial charge >= 0.3 is 0 Å². The van der Waals surface area contributed by atoms with Crippen LogP contribution in [0.2, 0.25) is 0 Å². The minimum atomic E-state index is 0.359. The van der Waals surface area contributed by atoms with Gasteiger partial charge in [0.1, 0.15) is 12.4 Å². The maximum Gasteiger partial charge on any atom is 0.193 e. The van der Waals surface area contributed by atoms with Crippen molar-refractivity contribution in [1.29, 1.82) is 0 Å². The minimum absolute atomic E-state index is 0.359. The molecule has 1 aromatic carbocycles. The van der Waals surface area contributed by atoms with Crippen molar-refractivity contribution in [2.75, 3.05) is 46.5 Å². The van der Waals surface area contributed by atoms with Crippen molar-refractivity contribution < 1.29 is 9.47 Å². The third kappa shape index (κ3) is 3.53. The number of hydrogen-bond donors (Lipinski definition) is 1. The fourth-order valence-electron chi connectivity index (χ4n) is 3.27. The van der Waals surface area contributed by atoms with Crippen LogP contribution >= 0.6 is 0 Å². The Morgan fingerprint density at radius 1 is 1.36 bits per heavy atom. The molecule has 1 aromatic rings. The van der Waals surface area contributed by atoms with Crippen LogP contribution in [0, 0.1) is 5.41 Å². The molecule has 120 valence electrons. The number of para-hydroxylation sites is 1. The fourth-order valence-corrected chi connectivity index (χ4v) is 3.27. The van der Waals surface area contributed by atoms with Crippen molar-refractivity contribution in [3.63, 3.8) is 0 Å². The Balaban J connectivity index is 1.43. The molecule has 2 aliphatic rings. The molecule has 2 aliphatic heterocycles. The van der Waals surface area contributed by atoms with E-state index in [2.05, 4.69) is 15.2 Å². The lowest BCUT2D eigenvalue weighted by molar-refractivity contribution is 0.156. The lowest BCUT2D eigenvalue weighted by atomic mass is 9.87. The van der Waals surface area contributed by atoms with Crippen LogP contribution in [0.15, 0.2) is 35.3 Å². The number of hydrogen-bond acceptors (Lipinski definition) is 3. The van der Waals surface area contributed by atoms with E-state index in [0.717, 1.165) is 44.6 Å². The number of likely N-dealkylation sites (tertiary alicyclic amines) is 1. The van der Waals surface area contributed by atoms with Gasteiger partial charge in [-0.3, -0.25) is 4.99 Å². The molecule has 3 rings (SSSR count). The van der Waals surface area contributed by atoms with Crippen LogP contribution in [-0.2, 0) is 4.74 Å². The Hall–Kier alpha value is -1.75. The van der Waals surface area contributed by atoms with Crippen LogP contribution in [0.25, 0.3) is 0 Å². The normalized spacial score (nSPS) is 25.0. The molecule has 0 bridgehead atoms. The Morgan fingerprint density at radius 3 is 2.95 bits per heavy atom. The summed E-state index contributed by atoms with van der Waals surface area (Å²) in [7, 11) is 1.84. The molecule has 1 atom stereocenters. The summed E-state index contributed by atoms with van der Waals surface area (Å²) < 4.78 is 11.3. The molecule has 2 saturated heterocycles. The molecule has 0 amide bonds. The number of aliphatic imine (C=N–C) groups is 1. The van der Waals surface area contributed by atoms with E-state index in [1.54, 1.807) is 0 Å². The van der Waals surface area contributed by atoms with Crippen molar-refractivity contribution in [2.45, 2.75) is 12.8 Å². The molecule has 2 heterocycles. The van der Waals surface area contributed by atoms with Crippen LogP contribution in [0.4, 0.5) is 0 Å². The summed E-state index contributed by atoms with van der Waals surface area (Å²) in [6, 6.07) is 9.89. The van der Waals surface area contributed by atoms with Crippen LogP contribution in [0.5, 0.6) is 5.75 Å². The number of rotatable bonds is 4. The number of guanidine groups is 1. The Labute approximate surface area is 132 Å². The smallest absolute Gasteiger partial charge is 0.193 e. The number of nitrogens with zero attached hydrogens (tertiary/aromatic N) is 2. The van der Waals surface area contributed by atoms with Crippen LogP contribution in [-0.4, -0.2) is 57.4 Å². The molecule has 1 unspecified atom stereocenters. The lowest BCUT2D eigenvalue weighted by Gasteiger charge is -2.24. The first kappa shape index (κ1) is 15.2. The standard InChI is InChI=1S/C17H25N3O2/c1-18-16(19-9-12-22-15-5-3-2-4-6-15)20-10-7-17(13-20)8-11-21-14-17/h2-6H,7-14H2,1H3,(H,18,19). The second kappa shape index (κ2) is 7.01. The maximum atomic E-state index is 5.70. The Morgan fingerprint density at radius 2 is 2.23 bits per heavy atom. The predicted octanol–water partition coefficient (Wildman–Crippen LogP) is 1.75. The molecule has 1 N–H and O–H groups in total. The van der Waals surface area contributed by atoms with Gasteiger partial charge in [0.15, 0.2) is 5.96 Å². The molecule has 5 heteroatoms. The first-order valence-electron chi connectivity index (χ1n) is 8.03. The van der Waals surface area contributed by atoms with Gasteiger partial charge in [-0.2, -0.15) is 0 Å². The second-order valence-electron chi connectivity index (χ2n) is 6.11. The maximum absolute atomic E-state index is 5.70. The van der Waals surface area contributed by atoms with Gasteiger partial charge in [0.25, 0.3) is 0 Å². The van der Waals surface area contributed by atoms with E-state index in [1.165, 1.54) is 12.8 Å². The fraction of sp³-hybridized carbons (Fsp3) is 0.588. The molecular weight excluding hydrogens is 278 g/mol. The highest BCUT2D eigenvalue weighted by Gasteiger charge is 2.42. The van der Waals surface area contributed by atoms with Crippen molar-refractivity contribution in [1.82, 2.24) is 10.2 Å². The summed E-state index contributed by atoms with van der Waals surface area (Å²) in [5.74, 6) is 1.88. The number of ether oxygens (including phenoxy) is 2. The number of nitrogens with one attached hydrogen (secondary N) is 1. The van der Waals surface area contributed by atoms with E-state index in [0.29, 0.717) is 12.0 Å². The second-order valence-corrected chi connectivity index (χ2v) is 6.11. The molecular formula is C17H25N3O2. The van der Waals surface area contributed by atoms with E-state index >= 15 is 0 Å². The molecule has 22 heavy (non-hydrogen) atoms. The summed E-state index contributed by atoms with van der Waals surface area (Å²) in [5.41, 5.74) is 0.359. The lowest BCUT2D eigenvalue weighted by Crippen LogP contribution is -2.42. The predicted molar refractivity (Wildman–Crippen MR) is 87.4 cm³/mol. The van der Waals surface area contributed by atoms with Gasteiger partial charge in [-0.25, -0.2) is 0 Å². The molecule has 5 nitrogen and oxygen atoms in total. The van der Waals surface area contributed by atoms with Gasteiger partial charge in [-0.1, -0.05) is 18.2 Å². The molecule has 0 saturated carbocycles. The quantitative estimate of drug-likeness (QED) is 0.523. The van der Waals surface area contributed by atoms with E-state index in [-0.39, 0.29) is 0 Å².